The third-order valence-electron chi connectivity index (χ3n) is 3.26. The van der Waals surface area contributed by atoms with E-state index in [0.29, 0.717) is 16.1 Å². The first kappa shape index (κ1) is 17.3. The summed E-state index contributed by atoms with van der Waals surface area (Å²) in [5.41, 5.74) is 1.84. The number of aromatic nitrogens is 1. The van der Waals surface area contributed by atoms with Crippen LogP contribution in [0.25, 0.3) is 0 Å². The third-order valence-corrected chi connectivity index (χ3v) is 5.05. The quantitative estimate of drug-likeness (QED) is 0.298. The van der Waals surface area contributed by atoms with E-state index in [9.17, 15) is 4.79 Å². The minimum absolute atomic E-state index is 0.0920. The van der Waals surface area contributed by atoms with E-state index < -0.39 is 0 Å². The first-order chi connectivity index (χ1) is 11.6. The van der Waals surface area contributed by atoms with Gasteiger partial charge in [0, 0.05) is 37.0 Å². The summed E-state index contributed by atoms with van der Waals surface area (Å²) in [6, 6.07) is 16.8. The van der Waals surface area contributed by atoms with Crippen LogP contribution in [-0.2, 0) is 0 Å². The molecule has 120 valence electrons. The lowest BCUT2D eigenvalue weighted by Crippen LogP contribution is -2.05. The number of hydrogen-bond acceptors (Lipinski definition) is 4. The molecular formula is C18H12ClIN2OS. The molecule has 0 unspecified atom stereocenters. The fraction of sp³-hybridized carbons (Fsp3) is 0. The van der Waals surface area contributed by atoms with E-state index in [1.54, 1.807) is 36.7 Å². The molecule has 0 saturated heterocycles. The van der Waals surface area contributed by atoms with Gasteiger partial charge in [-0.25, -0.2) is 0 Å². The smallest absolute Gasteiger partial charge is 0.195 e. The van der Waals surface area contributed by atoms with Crippen molar-refractivity contribution in [2.24, 2.45) is 0 Å². The predicted octanol–water partition coefficient (Wildman–Crippen LogP) is 5.69. The fourth-order valence-corrected chi connectivity index (χ4v) is 3.28. The van der Waals surface area contributed by atoms with Crippen molar-refractivity contribution in [2.45, 2.75) is 4.90 Å². The highest BCUT2D eigenvalue weighted by Crippen LogP contribution is 2.28. The summed E-state index contributed by atoms with van der Waals surface area (Å²) < 4.78 is 4.42. The molecule has 0 spiro atoms. The number of nitrogens with zero attached hydrogens (tertiary/aromatic N) is 1. The number of nitrogens with one attached hydrogen (secondary N) is 1. The van der Waals surface area contributed by atoms with E-state index in [1.165, 1.54) is 15.5 Å². The maximum atomic E-state index is 12.7. The van der Waals surface area contributed by atoms with Gasteiger partial charge in [-0.3, -0.25) is 9.78 Å². The first-order valence-corrected chi connectivity index (χ1v) is 9.33. The number of halogens is 2. The van der Waals surface area contributed by atoms with Crippen molar-refractivity contribution >= 4 is 57.6 Å². The van der Waals surface area contributed by atoms with Crippen LogP contribution >= 0.6 is 46.1 Å². The highest BCUT2D eigenvalue weighted by atomic mass is 127. The molecule has 0 aliphatic heterocycles. The monoisotopic (exact) mass is 466 g/mol. The molecule has 3 aromatic rings. The minimum atomic E-state index is -0.0920. The molecule has 24 heavy (non-hydrogen) atoms. The summed E-state index contributed by atoms with van der Waals surface area (Å²) in [6.07, 6.45) is 3.20. The van der Waals surface area contributed by atoms with Gasteiger partial charge in [0.2, 0.25) is 0 Å². The summed E-state index contributed by atoms with van der Waals surface area (Å²) in [5, 5.41) is 0.525. The van der Waals surface area contributed by atoms with Crippen molar-refractivity contribution in [3.05, 3.63) is 86.7 Å². The van der Waals surface area contributed by atoms with Gasteiger partial charge < -0.3 is 4.72 Å². The second-order valence-corrected chi connectivity index (χ2v) is 7.47. The summed E-state index contributed by atoms with van der Waals surface area (Å²) in [5.74, 6) is -0.0920. The van der Waals surface area contributed by atoms with Gasteiger partial charge in [-0.15, -0.1) is 0 Å². The summed E-state index contributed by atoms with van der Waals surface area (Å²) in [7, 11) is 0. The number of hydrogen-bond donors (Lipinski definition) is 1. The zero-order valence-corrected chi connectivity index (χ0v) is 16.1. The second kappa shape index (κ2) is 8.00. The molecule has 0 radical (unpaired) electrons. The van der Waals surface area contributed by atoms with Crippen LogP contribution < -0.4 is 4.72 Å². The Morgan fingerprint density at radius 3 is 2.46 bits per heavy atom. The fourth-order valence-electron chi connectivity index (χ4n) is 2.07. The third kappa shape index (κ3) is 4.28. The average molecular weight is 467 g/mol. The van der Waals surface area contributed by atoms with E-state index in [4.69, 9.17) is 11.6 Å². The predicted molar refractivity (Wildman–Crippen MR) is 108 cm³/mol. The topological polar surface area (TPSA) is 42.0 Å². The van der Waals surface area contributed by atoms with Gasteiger partial charge >= 0.3 is 0 Å². The van der Waals surface area contributed by atoms with E-state index >= 15 is 0 Å². The van der Waals surface area contributed by atoms with E-state index in [-0.39, 0.29) is 5.78 Å². The zero-order chi connectivity index (χ0) is 16.9. The van der Waals surface area contributed by atoms with Crippen LogP contribution in [0.2, 0.25) is 5.02 Å². The lowest BCUT2D eigenvalue weighted by molar-refractivity contribution is 0.103. The number of pyridine rings is 1. The molecule has 0 bridgehead atoms. The average Bonchev–Trinajstić information content (AvgIpc) is 2.62. The van der Waals surface area contributed by atoms with Crippen molar-refractivity contribution < 1.29 is 4.79 Å². The second-order valence-electron chi connectivity index (χ2n) is 4.91. The Balaban J connectivity index is 1.85. The summed E-state index contributed by atoms with van der Waals surface area (Å²) >= 11 is 9.80. The van der Waals surface area contributed by atoms with Crippen LogP contribution in [0, 0.1) is 3.57 Å². The molecule has 1 heterocycles. The van der Waals surface area contributed by atoms with E-state index in [0.717, 1.165) is 10.6 Å². The van der Waals surface area contributed by atoms with Gasteiger partial charge in [-0.1, -0.05) is 11.6 Å². The molecule has 0 aliphatic carbocycles. The number of benzene rings is 2. The highest BCUT2D eigenvalue weighted by Gasteiger charge is 2.14. The minimum Gasteiger partial charge on any atom is -0.325 e. The van der Waals surface area contributed by atoms with Crippen molar-refractivity contribution in [3.63, 3.8) is 0 Å². The van der Waals surface area contributed by atoms with Crippen LogP contribution in [-0.4, -0.2) is 10.8 Å². The largest absolute Gasteiger partial charge is 0.325 e. The first-order valence-electron chi connectivity index (χ1n) is 7.06. The van der Waals surface area contributed by atoms with Crippen LogP contribution in [0.5, 0.6) is 0 Å². The number of anilines is 1. The molecule has 0 saturated carbocycles. The lowest BCUT2D eigenvalue weighted by Gasteiger charge is -2.11. The molecule has 2 aromatic carbocycles. The Hall–Kier alpha value is -1.57. The van der Waals surface area contributed by atoms with Crippen molar-refractivity contribution in [1.82, 2.24) is 4.98 Å². The molecule has 1 N–H and O–H groups in total. The van der Waals surface area contributed by atoms with Gasteiger partial charge in [0.15, 0.2) is 5.78 Å². The Labute approximate surface area is 163 Å². The maximum absolute atomic E-state index is 12.7. The summed E-state index contributed by atoms with van der Waals surface area (Å²) in [6.45, 7) is 0. The Bertz CT molecular complexity index is 857. The lowest BCUT2D eigenvalue weighted by atomic mass is 10.0. The Kier molecular flexibility index (Phi) is 5.76. The molecular weight excluding hydrogens is 455 g/mol. The van der Waals surface area contributed by atoms with Gasteiger partial charge in [0.1, 0.15) is 0 Å². The molecule has 0 fully saturated rings. The van der Waals surface area contributed by atoms with E-state index in [1.807, 2.05) is 30.3 Å². The van der Waals surface area contributed by atoms with Gasteiger partial charge in [-0.2, -0.15) is 0 Å². The molecule has 0 amide bonds. The van der Waals surface area contributed by atoms with Gasteiger partial charge in [-0.05, 0) is 89.1 Å². The Morgan fingerprint density at radius 2 is 1.75 bits per heavy atom. The molecule has 6 heteroatoms. The molecule has 0 atom stereocenters. The van der Waals surface area contributed by atoms with Crippen LogP contribution in [0.15, 0.2) is 71.9 Å². The van der Waals surface area contributed by atoms with Crippen molar-refractivity contribution in [3.8, 4) is 0 Å². The highest BCUT2D eigenvalue weighted by molar-refractivity contribution is 14.1. The standard InChI is InChI=1S/C18H12ClIN2OS/c19-13-1-6-17(22-24-15-4-2-14(20)3-5-15)16(11-13)18(23)12-7-9-21-10-8-12/h1-11,22H. The number of rotatable bonds is 5. The van der Waals surface area contributed by atoms with Crippen LogP contribution in [0.4, 0.5) is 5.69 Å². The normalized spacial score (nSPS) is 10.4. The number of carbonyl (C=O) groups excluding carboxylic acids is 1. The van der Waals surface area contributed by atoms with Crippen LogP contribution in [0.3, 0.4) is 0 Å². The molecule has 0 aliphatic rings. The maximum Gasteiger partial charge on any atom is 0.195 e. The van der Waals surface area contributed by atoms with E-state index in [2.05, 4.69) is 32.3 Å². The van der Waals surface area contributed by atoms with Gasteiger partial charge in [0.05, 0.1) is 5.69 Å². The van der Waals surface area contributed by atoms with Crippen molar-refractivity contribution in [1.29, 1.82) is 0 Å². The Morgan fingerprint density at radius 1 is 1.04 bits per heavy atom. The zero-order valence-electron chi connectivity index (χ0n) is 12.4. The molecule has 3 nitrogen and oxygen atoms in total. The van der Waals surface area contributed by atoms with Gasteiger partial charge in [0.25, 0.3) is 0 Å². The summed E-state index contributed by atoms with van der Waals surface area (Å²) in [4.78, 5) is 17.7. The molecule has 3 rings (SSSR count). The number of ketones is 1. The van der Waals surface area contributed by atoms with Crippen LogP contribution in [0.1, 0.15) is 15.9 Å². The SMILES string of the molecule is O=C(c1ccncc1)c1cc(Cl)ccc1NSc1ccc(I)cc1. The molecule has 1 aromatic heterocycles. The number of carbonyl (C=O) groups is 1. The van der Waals surface area contributed by atoms with Crippen molar-refractivity contribution in [2.75, 3.05) is 4.72 Å².